The van der Waals surface area contributed by atoms with Crippen molar-refractivity contribution in [1.29, 1.82) is 0 Å². The van der Waals surface area contributed by atoms with Crippen LogP contribution in [-0.4, -0.2) is 32.1 Å². The molecule has 2 rings (SSSR count). The third-order valence-electron chi connectivity index (χ3n) is 3.64. The first-order chi connectivity index (χ1) is 10.2. The molecule has 0 aliphatic heterocycles. The Hall–Kier alpha value is -1.88. The third-order valence-corrected chi connectivity index (χ3v) is 3.64. The van der Waals surface area contributed by atoms with Crippen molar-refractivity contribution in [2.24, 2.45) is 5.92 Å². The molecule has 2 atom stereocenters. The second-order valence-corrected chi connectivity index (χ2v) is 5.29. The Kier molecular flexibility index (Phi) is 5.33. The summed E-state index contributed by atoms with van der Waals surface area (Å²) in [5, 5.41) is 2.75. The van der Waals surface area contributed by atoms with E-state index in [1.807, 2.05) is 30.3 Å². The molecule has 1 N–H and O–H groups in total. The van der Waals surface area contributed by atoms with Gasteiger partial charge in [0.25, 0.3) is 5.91 Å². The zero-order chi connectivity index (χ0) is 15.2. The van der Waals surface area contributed by atoms with Crippen LogP contribution >= 0.6 is 0 Å². The van der Waals surface area contributed by atoms with Crippen molar-refractivity contribution in [1.82, 2.24) is 5.32 Å². The minimum Gasteiger partial charge on any atom is -0.467 e. The van der Waals surface area contributed by atoms with Gasteiger partial charge in [0.15, 0.2) is 6.10 Å². The maximum atomic E-state index is 12.4. The lowest BCUT2D eigenvalue weighted by Gasteiger charge is -2.20. The highest BCUT2D eigenvalue weighted by molar-refractivity contribution is 5.87. The number of nitrogens with one attached hydrogen (secondary N) is 1. The summed E-state index contributed by atoms with van der Waals surface area (Å²) in [5.74, 6) is -0.218. The Morgan fingerprint density at radius 3 is 2.43 bits per heavy atom. The SMILES string of the molecule is COC(=O)[C@@H](CC1CC1)NC(=O)[C@@H](OC)c1ccccc1. The molecule has 21 heavy (non-hydrogen) atoms. The van der Waals surface area contributed by atoms with Crippen LogP contribution in [0.25, 0.3) is 0 Å². The molecule has 1 aromatic carbocycles. The van der Waals surface area contributed by atoms with E-state index < -0.39 is 18.1 Å². The summed E-state index contributed by atoms with van der Waals surface area (Å²) < 4.78 is 10.0. The van der Waals surface area contributed by atoms with E-state index in [0.717, 1.165) is 18.4 Å². The van der Waals surface area contributed by atoms with Crippen LogP contribution in [0.1, 0.15) is 30.9 Å². The standard InChI is InChI=1S/C16H21NO4/c1-20-14(12-6-4-3-5-7-12)15(18)17-13(16(19)21-2)10-11-8-9-11/h3-7,11,13-14H,8-10H2,1-2H3,(H,17,18)/t13-,14+/m1/s1. The summed E-state index contributed by atoms with van der Waals surface area (Å²) in [7, 11) is 2.81. The summed E-state index contributed by atoms with van der Waals surface area (Å²) >= 11 is 0. The molecule has 5 heteroatoms. The zero-order valence-corrected chi connectivity index (χ0v) is 12.4. The number of rotatable bonds is 7. The Balaban J connectivity index is 2.03. The maximum Gasteiger partial charge on any atom is 0.328 e. The third kappa shape index (κ3) is 4.29. The van der Waals surface area contributed by atoms with Gasteiger partial charge >= 0.3 is 5.97 Å². The molecule has 1 aliphatic carbocycles. The van der Waals surface area contributed by atoms with Crippen LogP contribution in [0.15, 0.2) is 30.3 Å². The number of amides is 1. The fraction of sp³-hybridized carbons (Fsp3) is 0.500. The van der Waals surface area contributed by atoms with E-state index in [-0.39, 0.29) is 5.91 Å². The van der Waals surface area contributed by atoms with Gasteiger partial charge < -0.3 is 14.8 Å². The Bertz CT molecular complexity index is 484. The molecule has 0 aromatic heterocycles. The fourth-order valence-corrected chi connectivity index (χ4v) is 2.31. The van der Waals surface area contributed by atoms with E-state index in [4.69, 9.17) is 9.47 Å². The number of benzene rings is 1. The molecular formula is C16H21NO4. The number of hydrogen-bond acceptors (Lipinski definition) is 4. The van der Waals surface area contributed by atoms with Crippen LogP contribution < -0.4 is 5.32 Å². The lowest BCUT2D eigenvalue weighted by Crippen LogP contribution is -2.44. The lowest BCUT2D eigenvalue weighted by atomic mass is 10.1. The van der Waals surface area contributed by atoms with Gasteiger partial charge in [-0.3, -0.25) is 4.79 Å². The molecule has 0 bridgehead atoms. The molecule has 0 unspecified atom stereocenters. The summed E-state index contributed by atoms with van der Waals surface area (Å²) in [5.41, 5.74) is 0.757. The van der Waals surface area contributed by atoms with Gasteiger partial charge in [0.1, 0.15) is 6.04 Å². The van der Waals surface area contributed by atoms with Crippen LogP contribution in [0.3, 0.4) is 0 Å². The maximum absolute atomic E-state index is 12.4. The monoisotopic (exact) mass is 291 g/mol. The average Bonchev–Trinajstić information content (AvgIpc) is 3.31. The molecule has 1 fully saturated rings. The van der Waals surface area contributed by atoms with Crippen molar-refractivity contribution in [3.8, 4) is 0 Å². The van der Waals surface area contributed by atoms with Crippen molar-refractivity contribution in [3.05, 3.63) is 35.9 Å². The van der Waals surface area contributed by atoms with Crippen molar-refractivity contribution in [3.63, 3.8) is 0 Å². The molecule has 0 saturated heterocycles. The zero-order valence-electron chi connectivity index (χ0n) is 12.4. The van der Waals surface area contributed by atoms with E-state index in [0.29, 0.717) is 12.3 Å². The lowest BCUT2D eigenvalue weighted by molar-refractivity contribution is -0.147. The first kappa shape index (κ1) is 15.5. The molecule has 5 nitrogen and oxygen atoms in total. The topological polar surface area (TPSA) is 64.6 Å². The summed E-state index contributed by atoms with van der Waals surface area (Å²) in [6, 6.07) is 8.60. The van der Waals surface area contributed by atoms with Gasteiger partial charge in [0, 0.05) is 7.11 Å². The summed E-state index contributed by atoms with van der Waals surface area (Å²) in [4.78, 5) is 24.1. The summed E-state index contributed by atoms with van der Waals surface area (Å²) in [6.45, 7) is 0. The number of hydrogen-bond donors (Lipinski definition) is 1. The highest BCUT2D eigenvalue weighted by Gasteiger charge is 2.32. The molecule has 1 saturated carbocycles. The molecular weight excluding hydrogens is 270 g/mol. The second-order valence-electron chi connectivity index (χ2n) is 5.29. The van der Waals surface area contributed by atoms with E-state index in [2.05, 4.69) is 5.32 Å². The largest absolute Gasteiger partial charge is 0.467 e. The molecule has 0 spiro atoms. The normalized spacial score (nSPS) is 16.9. The summed E-state index contributed by atoms with van der Waals surface area (Å²) in [6.07, 6.45) is 2.12. The van der Waals surface area contributed by atoms with Gasteiger partial charge in [0.05, 0.1) is 7.11 Å². The van der Waals surface area contributed by atoms with Gasteiger partial charge in [-0.2, -0.15) is 0 Å². The molecule has 1 amide bonds. The second kappa shape index (κ2) is 7.22. The van der Waals surface area contributed by atoms with Crippen LogP contribution in [0, 0.1) is 5.92 Å². The number of esters is 1. The number of methoxy groups -OCH3 is 2. The molecule has 1 aromatic rings. The van der Waals surface area contributed by atoms with Crippen molar-refractivity contribution in [2.45, 2.75) is 31.4 Å². The predicted molar refractivity (Wildman–Crippen MR) is 77.5 cm³/mol. The Labute approximate surface area is 124 Å². The highest BCUT2D eigenvalue weighted by Crippen LogP contribution is 2.33. The molecule has 1 aliphatic rings. The van der Waals surface area contributed by atoms with E-state index in [9.17, 15) is 9.59 Å². The van der Waals surface area contributed by atoms with Gasteiger partial charge in [-0.25, -0.2) is 4.79 Å². The van der Waals surface area contributed by atoms with Crippen molar-refractivity contribution in [2.75, 3.05) is 14.2 Å². The number of carbonyl (C=O) groups excluding carboxylic acids is 2. The van der Waals surface area contributed by atoms with Crippen LogP contribution in [0.5, 0.6) is 0 Å². The Morgan fingerprint density at radius 1 is 1.24 bits per heavy atom. The van der Waals surface area contributed by atoms with Gasteiger partial charge in [-0.1, -0.05) is 43.2 Å². The van der Waals surface area contributed by atoms with Gasteiger partial charge in [-0.05, 0) is 17.9 Å². The van der Waals surface area contributed by atoms with E-state index in [1.54, 1.807) is 0 Å². The fourth-order valence-electron chi connectivity index (χ4n) is 2.31. The van der Waals surface area contributed by atoms with Gasteiger partial charge in [0.2, 0.25) is 0 Å². The minimum absolute atomic E-state index is 0.320. The smallest absolute Gasteiger partial charge is 0.328 e. The van der Waals surface area contributed by atoms with Crippen LogP contribution in [0.4, 0.5) is 0 Å². The molecule has 0 heterocycles. The molecule has 0 radical (unpaired) electrons. The first-order valence-electron chi connectivity index (χ1n) is 7.11. The highest BCUT2D eigenvalue weighted by atomic mass is 16.5. The van der Waals surface area contributed by atoms with Crippen LogP contribution in [0.2, 0.25) is 0 Å². The number of carbonyl (C=O) groups is 2. The quantitative estimate of drug-likeness (QED) is 0.778. The Morgan fingerprint density at radius 2 is 1.90 bits per heavy atom. The van der Waals surface area contributed by atoms with E-state index in [1.165, 1.54) is 14.2 Å². The van der Waals surface area contributed by atoms with E-state index >= 15 is 0 Å². The first-order valence-corrected chi connectivity index (χ1v) is 7.11. The average molecular weight is 291 g/mol. The van der Waals surface area contributed by atoms with Crippen molar-refractivity contribution >= 4 is 11.9 Å². The van der Waals surface area contributed by atoms with Gasteiger partial charge in [-0.15, -0.1) is 0 Å². The predicted octanol–water partition coefficient (Wildman–Crippen LogP) is 1.83. The van der Waals surface area contributed by atoms with Crippen molar-refractivity contribution < 1.29 is 19.1 Å². The minimum atomic E-state index is -0.724. The molecule has 114 valence electrons. The number of ether oxygens (including phenoxy) is 2. The van der Waals surface area contributed by atoms with Crippen LogP contribution in [-0.2, 0) is 19.1 Å².